The Kier molecular flexibility index (Phi) is 2.58. The van der Waals surface area contributed by atoms with Crippen molar-refractivity contribution in [3.63, 3.8) is 0 Å². The predicted molar refractivity (Wildman–Crippen MR) is 55.9 cm³/mol. The van der Waals surface area contributed by atoms with E-state index in [0.717, 1.165) is 5.56 Å². The third kappa shape index (κ3) is 1.82. The molecule has 1 N–H and O–H groups in total. The third-order valence-electron chi connectivity index (χ3n) is 2.96. The van der Waals surface area contributed by atoms with E-state index in [1.807, 2.05) is 30.3 Å². The molecule has 0 amide bonds. The number of hydrogen-bond donors (Lipinski definition) is 1. The topological polar surface area (TPSA) is 65.0 Å². The molecular weight excluding hydrogens is 224 g/mol. The molecule has 5 heteroatoms. The Morgan fingerprint density at radius 3 is 2.71 bits per heavy atom. The van der Waals surface area contributed by atoms with Crippen LogP contribution in [-0.2, 0) is 19.0 Å². The Morgan fingerprint density at radius 1 is 1.18 bits per heavy atom. The highest BCUT2D eigenvalue weighted by Crippen LogP contribution is 2.34. The Morgan fingerprint density at radius 2 is 1.94 bits per heavy atom. The van der Waals surface area contributed by atoms with Crippen molar-refractivity contribution in [1.82, 2.24) is 0 Å². The van der Waals surface area contributed by atoms with Crippen LogP contribution in [0.4, 0.5) is 0 Å². The van der Waals surface area contributed by atoms with Gasteiger partial charge in [0.25, 0.3) is 0 Å². The fraction of sp³-hybridized carbons (Fsp3) is 0.417. The SMILES string of the molecule is O=C1OC[C@@H]2O[C@H](c3ccccc3)O[C@H]2[C@@H]1O. The number of esters is 1. The fourth-order valence-corrected chi connectivity index (χ4v) is 2.06. The number of carbonyl (C=O) groups excluding carboxylic acids is 1. The average molecular weight is 236 g/mol. The largest absolute Gasteiger partial charge is 0.461 e. The van der Waals surface area contributed by atoms with E-state index < -0.39 is 30.6 Å². The normalized spacial score (nSPS) is 36.4. The van der Waals surface area contributed by atoms with Gasteiger partial charge >= 0.3 is 5.97 Å². The zero-order chi connectivity index (χ0) is 11.8. The van der Waals surface area contributed by atoms with E-state index >= 15 is 0 Å². The molecule has 3 rings (SSSR count). The molecule has 90 valence electrons. The van der Waals surface area contributed by atoms with Crippen LogP contribution in [0.3, 0.4) is 0 Å². The summed E-state index contributed by atoms with van der Waals surface area (Å²) in [5.41, 5.74) is 0.863. The minimum atomic E-state index is -1.26. The highest BCUT2D eigenvalue weighted by molar-refractivity contribution is 5.76. The molecule has 2 fully saturated rings. The standard InChI is InChI=1S/C12H12O5/c13-9-10-8(6-15-11(9)14)16-12(17-10)7-4-2-1-3-5-7/h1-5,8-10,12-13H,6H2/t8-,9-,10+,12-/m0/s1. The van der Waals surface area contributed by atoms with Gasteiger partial charge in [-0.2, -0.15) is 0 Å². The molecule has 1 aromatic carbocycles. The molecular formula is C12H12O5. The maximum absolute atomic E-state index is 11.2. The maximum atomic E-state index is 11.2. The van der Waals surface area contributed by atoms with Crippen LogP contribution in [0, 0.1) is 0 Å². The molecule has 2 saturated heterocycles. The lowest BCUT2D eigenvalue weighted by Crippen LogP contribution is -2.48. The van der Waals surface area contributed by atoms with Gasteiger partial charge in [0.15, 0.2) is 12.4 Å². The van der Waals surface area contributed by atoms with Gasteiger partial charge in [0.05, 0.1) is 0 Å². The summed E-state index contributed by atoms with van der Waals surface area (Å²) in [6.07, 6.45) is -2.84. The molecule has 0 saturated carbocycles. The van der Waals surface area contributed by atoms with Crippen molar-refractivity contribution in [2.75, 3.05) is 6.61 Å². The number of benzene rings is 1. The van der Waals surface area contributed by atoms with E-state index in [4.69, 9.17) is 14.2 Å². The zero-order valence-electron chi connectivity index (χ0n) is 8.98. The highest BCUT2D eigenvalue weighted by Gasteiger charge is 2.48. The van der Waals surface area contributed by atoms with Crippen molar-refractivity contribution in [1.29, 1.82) is 0 Å². The summed E-state index contributed by atoms with van der Waals surface area (Å²) in [6, 6.07) is 9.39. The van der Waals surface area contributed by atoms with Crippen molar-refractivity contribution in [2.24, 2.45) is 0 Å². The second kappa shape index (κ2) is 4.10. The van der Waals surface area contributed by atoms with Crippen molar-refractivity contribution in [3.05, 3.63) is 35.9 Å². The smallest absolute Gasteiger partial charge is 0.337 e. The van der Waals surface area contributed by atoms with E-state index in [0.29, 0.717) is 0 Å². The monoisotopic (exact) mass is 236 g/mol. The van der Waals surface area contributed by atoms with Crippen LogP contribution in [0.5, 0.6) is 0 Å². The summed E-state index contributed by atoms with van der Waals surface area (Å²) in [5.74, 6) is -0.649. The molecule has 1 aromatic rings. The molecule has 2 heterocycles. The average Bonchev–Trinajstić information content (AvgIpc) is 2.80. The molecule has 2 aliphatic heterocycles. The van der Waals surface area contributed by atoms with Crippen LogP contribution in [0.2, 0.25) is 0 Å². The highest BCUT2D eigenvalue weighted by atomic mass is 16.7. The Labute approximate surface area is 97.9 Å². The summed E-state index contributed by atoms with van der Waals surface area (Å²) in [7, 11) is 0. The number of carbonyl (C=O) groups is 1. The van der Waals surface area contributed by atoms with Crippen molar-refractivity contribution < 1.29 is 24.1 Å². The summed E-state index contributed by atoms with van der Waals surface area (Å²) in [6.45, 7) is 0.129. The minimum absolute atomic E-state index is 0.129. The van der Waals surface area contributed by atoms with Gasteiger partial charge in [-0.1, -0.05) is 30.3 Å². The van der Waals surface area contributed by atoms with Crippen LogP contribution >= 0.6 is 0 Å². The molecule has 0 radical (unpaired) electrons. The van der Waals surface area contributed by atoms with Crippen molar-refractivity contribution in [2.45, 2.75) is 24.6 Å². The van der Waals surface area contributed by atoms with Crippen LogP contribution in [-0.4, -0.2) is 36.0 Å². The molecule has 5 nitrogen and oxygen atoms in total. The van der Waals surface area contributed by atoms with Gasteiger partial charge in [0.1, 0.15) is 18.8 Å². The zero-order valence-corrected chi connectivity index (χ0v) is 8.98. The molecule has 0 aromatic heterocycles. The number of ether oxygens (including phenoxy) is 3. The van der Waals surface area contributed by atoms with Gasteiger partial charge in [-0.05, 0) is 0 Å². The number of aliphatic hydroxyl groups is 1. The Bertz CT molecular complexity index is 418. The van der Waals surface area contributed by atoms with E-state index in [1.54, 1.807) is 0 Å². The van der Waals surface area contributed by atoms with Gasteiger partial charge in [-0.15, -0.1) is 0 Å². The summed E-state index contributed by atoms with van der Waals surface area (Å²) < 4.78 is 16.0. The number of cyclic esters (lactones) is 1. The number of hydrogen-bond acceptors (Lipinski definition) is 5. The van der Waals surface area contributed by atoms with Gasteiger partial charge in [-0.3, -0.25) is 0 Å². The maximum Gasteiger partial charge on any atom is 0.337 e. The number of fused-ring (bicyclic) bond motifs is 1. The summed E-state index contributed by atoms with van der Waals surface area (Å²) in [4.78, 5) is 11.2. The quantitative estimate of drug-likeness (QED) is 0.714. The van der Waals surface area contributed by atoms with Gasteiger partial charge in [0, 0.05) is 5.56 Å². The first kappa shape index (κ1) is 10.7. The first-order valence-corrected chi connectivity index (χ1v) is 5.46. The molecule has 0 aliphatic carbocycles. The molecule has 2 aliphatic rings. The van der Waals surface area contributed by atoms with Gasteiger partial charge < -0.3 is 19.3 Å². The second-order valence-corrected chi connectivity index (χ2v) is 4.09. The lowest BCUT2D eigenvalue weighted by Gasteiger charge is -2.25. The second-order valence-electron chi connectivity index (χ2n) is 4.09. The number of rotatable bonds is 1. The minimum Gasteiger partial charge on any atom is -0.461 e. The third-order valence-corrected chi connectivity index (χ3v) is 2.96. The first-order valence-electron chi connectivity index (χ1n) is 5.46. The molecule has 17 heavy (non-hydrogen) atoms. The Balaban J connectivity index is 1.79. The number of aliphatic hydroxyl groups excluding tert-OH is 1. The van der Waals surface area contributed by atoms with Crippen molar-refractivity contribution in [3.8, 4) is 0 Å². The predicted octanol–water partition coefficient (Wildman–Crippen LogP) is 0.387. The molecule has 0 bridgehead atoms. The van der Waals surface area contributed by atoms with E-state index in [9.17, 15) is 9.90 Å². The lowest BCUT2D eigenvalue weighted by molar-refractivity contribution is -0.173. The Hall–Kier alpha value is -1.43. The van der Waals surface area contributed by atoms with Crippen LogP contribution in [0.1, 0.15) is 11.9 Å². The fourth-order valence-electron chi connectivity index (χ4n) is 2.06. The van der Waals surface area contributed by atoms with E-state index in [2.05, 4.69) is 0 Å². The summed E-state index contributed by atoms with van der Waals surface area (Å²) >= 11 is 0. The van der Waals surface area contributed by atoms with Crippen LogP contribution in [0.15, 0.2) is 30.3 Å². The lowest BCUT2D eigenvalue weighted by atomic mass is 10.1. The van der Waals surface area contributed by atoms with Crippen LogP contribution in [0.25, 0.3) is 0 Å². The van der Waals surface area contributed by atoms with Gasteiger partial charge in [-0.25, -0.2) is 4.79 Å². The molecule has 4 atom stereocenters. The van der Waals surface area contributed by atoms with Crippen LogP contribution < -0.4 is 0 Å². The van der Waals surface area contributed by atoms with Gasteiger partial charge in [0.2, 0.25) is 0 Å². The van der Waals surface area contributed by atoms with Crippen molar-refractivity contribution >= 4 is 5.97 Å². The van der Waals surface area contributed by atoms with E-state index in [-0.39, 0.29) is 6.61 Å². The summed E-state index contributed by atoms with van der Waals surface area (Å²) in [5, 5.41) is 9.63. The van der Waals surface area contributed by atoms with E-state index in [1.165, 1.54) is 0 Å². The molecule has 0 unspecified atom stereocenters. The first-order chi connectivity index (χ1) is 8.25. The molecule has 0 spiro atoms.